The zero-order chi connectivity index (χ0) is 20.1. The standard InChI is InChI=1S/C19H21F3N2O4/c1-26-11-13-4-3-7-24(10-13)18(25)17-9-16(28-23-17)12-27-15-6-2-5-14(8-15)19(20,21)22/h2,5-6,8-9,13H,3-4,7,10-12H2,1H3/t13-/m0/s1. The first-order valence-corrected chi connectivity index (χ1v) is 8.90. The Bertz CT molecular complexity index is 804. The number of methoxy groups -OCH3 is 1. The molecule has 9 heteroatoms. The lowest BCUT2D eigenvalue weighted by atomic mass is 9.99. The summed E-state index contributed by atoms with van der Waals surface area (Å²) < 4.78 is 53.8. The maximum absolute atomic E-state index is 12.7. The molecule has 0 unspecified atom stereocenters. The molecule has 0 saturated carbocycles. The van der Waals surface area contributed by atoms with Crippen LogP contribution < -0.4 is 4.74 Å². The van der Waals surface area contributed by atoms with Gasteiger partial charge in [0.05, 0.1) is 12.2 Å². The molecule has 1 aromatic heterocycles. The van der Waals surface area contributed by atoms with Gasteiger partial charge in [-0.15, -0.1) is 0 Å². The molecule has 28 heavy (non-hydrogen) atoms. The minimum atomic E-state index is -4.44. The number of nitrogens with zero attached hydrogens (tertiary/aromatic N) is 2. The molecular weight excluding hydrogens is 377 g/mol. The van der Waals surface area contributed by atoms with Crippen LogP contribution in [0.5, 0.6) is 5.75 Å². The van der Waals surface area contributed by atoms with E-state index in [1.54, 1.807) is 12.0 Å². The fraction of sp³-hybridized carbons (Fsp3) is 0.474. The van der Waals surface area contributed by atoms with Crippen LogP contribution in [0, 0.1) is 5.92 Å². The summed E-state index contributed by atoms with van der Waals surface area (Å²) in [6.07, 6.45) is -2.55. The van der Waals surface area contributed by atoms with E-state index in [2.05, 4.69) is 5.16 Å². The SMILES string of the molecule is COC[C@H]1CCCN(C(=O)c2cc(COc3cccc(C(F)(F)F)c3)on2)C1. The van der Waals surface area contributed by atoms with Crippen LogP contribution in [0.25, 0.3) is 0 Å². The molecule has 1 aliphatic heterocycles. The quantitative estimate of drug-likeness (QED) is 0.741. The number of ether oxygens (including phenoxy) is 2. The normalized spacial score (nSPS) is 17.6. The molecule has 3 rings (SSSR count). The summed E-state index contributed by atoms with van der Waals surface area (Å²) in [4.78, 5) is 14.3. The number of carbonyl (C=O) groups excluding carboxylic acids is 1. The van der Waals surface area contributed by atoms with E-state index in [1.807, 2.05) is 0 Å². The maximum Gasteiger partial charge on any atom is 0.416 e. The third-order valence-electron chi connectivity index (χ3n) is 4.53. The zero-order valence-electron chi connectivity index (χ0n) is 15.4. The lowest BCUT2D eigenvalue weighted by Gasteiger charge is -2.31. The lowest BCUT2D eigenvalue weighted by molar-refractivity contribution is -0.137. The molecule has 0 radical (unpaired) electrons. The molecular formula is C19H21F3N2O4. The van der Waals surface area contributed by atoms with Crippen LogP contribution in [-0.4, -0.2) is 42.8 Å². The highest BCUT2D eigenvalue weighted by molar-refractivity contribution is 5.92. The van der Waals surface area contributed by atoms with Crippen molar-refractivity contribution in [3.8, 4) is 5.75 Å². The summed E-state index contributed by atoms with van der Waals surface area (Å²) in [5.74, 6) is 0.358. The molecule has 1 fully saturated rings. The van der Waals surface area contributed by atoms with E-state index in [0.29, 0.717) is 25.6 Å². The minimum Gasteiger partial charge on any atom is -0.486 e. The van der Waals surface area contributed by atoms with Gasteiger partial charge in [0.2, 0.25) is 0 Å². The Kier molecular flexibility index (Phi) is 6.23. The van der Waals surface area contributed by atoms with Crippen molar-refractivity contribution < 1.29 is 32.0 Å². The van der Waals surface area contributed by atoms with Crippen molar-refractivity contribution in [1.29, 1.82) is 0 Å². The third kappa shape index (κ3) is 5.03. The second-order valence-corrected chi connectivity index (χ2v) is 6.71. The van der Waals surface area contributed by atoms with Gasteiger partial charge < -0.3 is 18.9 Å². The Labute approximate surface area is 160 Å². The molecule has 6 nitrogen and oxygen atoms in total. The van der Waals surface area contributed by atoms with Gasteiger partial charge in [-0.05, 0) is 37.0 Å². The van der Waals surface area contributed by atoms with E-state index in [4.69, 9.17) is 14.0 Å². The van der Waals surface area contributed by atoms with Gasteiger partial charge in [0.25, 0.3) is 5.91 Å². The Morgan fingerprint density at radius 1 is 1.36 bits per heavy atom. The van der Waals surface area contributed by atoms with E-state index < -0.39 is 11.7 Å². The molecule has 0 bridgehead atoms. The van der Waals surface area contributed by atoms with Crippen LogP contribution in [0.15, 0.2) is 34.9 Å². The Balaban J connectivity index is 1.59. The van der Waals surface area contributed by atoms with Crippen molar-refractivity contribution in [2.45, 2.75) is 25.6 Å². The monoisotopic (exact) mass is 398 g/mol. The smallest absolute Gasteiger partial charge is 0.416 e. The van der Waals surface area contributed by atoms with Crippen LogP contribution in [0.3, 0.4) is 0 Å². The molecule has 1 saturated heterocycles. The van der Waals surface area contributed by atoms with Crippen molar-refractivity contribution >= 4 is 5.91 Å². The molecule has 152 valence electrons. The number of rotatable bonds is 6. The average molecular weight is 398 g/mol. The van der Waals surface area contributed by atoms with Crippen molar-refractivity contribution in [2.24, 2.45) is 5.92 Å². The topological polar surface area (TPSA) is 64.8 Å². The van der Waals surface area contributed by atoms with Crippen LogP contribution >= 0.6 is 0 Å². The molecule has 2 heterocycles. The highest BCUT2D eigenvalue weighted by Crippen LogP contribution is 2.31. The lowest BCUT2D eigenvalue weighted by Crippen LogP contribution is -2.41. The first-order chi connectivity index (χ1) is 13.4. The average Bonchev–Trinajstić information content (AvgIpc) is 3.15. The summed E-state index contributed by atoms with van der Waals surface area (Å²) >= 11 is 0. The van der Waals surface area contributed by atoms with Gasteiger partial charge in [0.15, 0.2) is 11.5 Å². The predicted octanol–water partition coefficient (Wildman–Crippen LogP) is 3.77. The van der Waals surface area contributed by atoms with Crippen LogP contribution in [0.2, 0.25) is 0 Å². The van der Waals surface area contributed by atoms with Gasteiger partial charge in [-0.3, -0.25) is 4.79 Å². The number of hydrogen-bond donors (Lipinski definition) is 0. The highest BCUT2D eigenvalue weighted by atomic mass is 19.4. The minimum absolute atomic E-state index is 0.0533. The van der Waals surface area contributed by atoms with E-state index in [9.17, 15) is 18.0 Å². The molecule has 0 N–H and O–H groups in total. The number of likely N-dealkylation sites (tertiary alicyclic amines) is 1. The molecule has 0 spiro atoms. The Morgan fingerprint density at radius 3 is 2.93 bits per heavy atom. The van der Waals surface area contributed by atoms with Gasteiger partial charge in [0, 0.05) is 26.3 Å². The maximum atomic E-state index is 12.7. The second kappa shape index (κ2) is 8.64. The van der Waals surface area contributed by atoms with Crippen LogP contribution in [-0.2, 0) is 17.5 Å². The largest absolute Gasteiger partial charge is 0.486 e. The van der Waals surface area contributed by atoms with Gasteiger partial charge in [-0.2, -0.15) is 13.2 Å². The van der Waals surface area contributed by atoms with E-state index in [1.165, 1.54) is 18.2 Å². The number of benzene rings is 1. The first-order valence-electron chi connectivity index (χ1n) is 8.90. The van der Waals surface area contributed by atoms with Gasteiger partial charge in [-0.1, -0.05) is 11.2 Å². The Morgan fingerprint density at radius 2 is 2.18 bits per heavy atom. The van der Waals surface area contributed by atoms with Gasteiger partial charge >= 0.3 is 6.18 Å². The second-order valence-electron chi connectivity index (χ2n) is 6.71. The Hall–Kier alpha value is -2.55. The predicted molar refractivity (Wildman–Crippen MR) is 92.8 cm³/mol. The number of alkyl halides is 3. The molecule has 2 aromatic rings. The molecule has 0 aliphatic carbocycles. The molecule has 1 atom stereocenters. The van der Waals surface area contributed by atoms with Crippen molar-refractivity contribution in [3.05, 3.63) is 47.3 Å². The molecule has 1 amide bonds. The summed E-state index contributed by atoms with van der Waals surface area (Å²) in [5.41, 5.74) is -0.644. The number of carbonyl (C=O) groups is 1. The van der Waals surface area contributed by atoms with Crippen molar-refractivity contribution in [2.75, 3.05) is 26.8 Å². The van der Waals surface area contributed by atoms with Crippen LogP contribution in [0.4, 0.5) is 13.2 Å². The van der Waals surface area contributed by atoms with Gasteiger partial charge in [-0.25, -0.2) is 0 Å². The summed E-state index contributed by atoms with van der Waals surface area (Å²) in [5, 5.41) is 3.77. The summed E-state index contributed by atoms with van der Waals surface area (Å²) in [7, 11) is 1.63. The number of piperidine rings is 1. The number of amides is 1. The first kappa shape index (κ1) is 20.2. The zero-order valence-corrected chi connectivity index (χ0v) is 15.4. The fourth-order valence-corrected chi connectivity index (χ4v) is 3.18. The number of aromatic nitrogens is 1. The van der Waals surface area contributed by atoms with E-state index in [-0.39, 0.29) is 29.7 Å². The van der Waals surface area contributed by atoms with E-state index in [0.717, 1.165) is 25.0 Å². The summed E-state index contributed by atoms with van der Waals surface area (Å²) in [6.45, 7) is 1.70. The molecule has 1 aromatic carbocycles. The highest BCUT2D eigenvalue weighted by Gasteiger charge is 2.30. The number of halogens is 3. The van der Waals surface area contributed by atoms with Crippen LogP contribution in [0.1, 0.15) is 34.7 Å². The van der Waals surface area contributed by atoms with Gasteiger partial charge in [0.1, 0.15) is 12.4 Å². The third-order valence-corrected chi connectivity index (χ3v) is 4.53. The number of hydrogen-bond acceptors (Lipinski definition) is 5. The molecule has 1 aliphatic rings. The fourth-order valence-electron chi connectivity index (χ4n) is 3.18. The van der Waals surface area contributed by atoms with Crippen molar-refractivity contribution in [1.82, 2.24) is 10.1 Å². The van der Waals surface area contributed by atoms with Crippen molar-refractivity contribution in [3.63, 3.8) is 0 Å². The summed E-state index contributed by atoms with van der Waals surface area (Å²) in [6, 6.07) is 6.01. The van der Waals surface area contributed by atoms with E-state index >= 15 is 0 Å².